The molecule has 0 spiro atoms. The van der Waals surface area contributed by atoms with Crippen LogP contribution in [0.1, 0.15) is 10.5 Å². The van der Waals surface area contributed by atoms with Gasteiger partial charge in [-0.2, -0.15) is 5.10 Å². The van der Waals surface area contributed by atoms with Crippen LogP contribution in [0.15, 0.2) is 24.9 Å². The Morgan fingerprint density at radius 1 is 1.67 bits per heavy atom. The van der Waals surface area contributed by atoms with Crippen LogP contribution in [0.3, 0.4) is 0 Å². The van der Waals surface area contributed by atoms with Crippen LogP contribution in [0.4, 0.5) is 0 Å². The van der Waals surface area contributed by atoms with Gasteiger partial charge in [-0.15, -0.1) is 6.58 Å². The van der Waals surface area contributed by atoms with Gasteiger partial charge in [0.25, 0.3) is 5.91 Å². The molecule has 0 aliphatic heterocycles. The Labute approximate surface area is 86.2 Å². The maximum atomic E-state index is 11.3. The third kappa shape index (κ3) is 3.26. The van der Waals surface area contributed by atoms with Crippen LogP contribution in [0.5, 0.6) is 0 Å². The molecule has 80 valence electrons. The van der Waals surface area contributed by atoms with Gasteiger partial charge in [0, 0.05) is 12.7 Å². The summed E-state index contributed by atoms with van der Waals surface area (Å²) in [4.78, 5) is 21.7. The Balaban J connectivity index is 2.62. The molecule has 15 heavy (non-hydrogen) atoms. The lowest BCUT2D eigenvalue weighted by atomic mass is 10.4. The fourth-order valence-corrected chi connectivity index (χ4v) is 0.965. The van der Waals surface area contributed by atoms with Gasteiger partial charge >= 0.3 is 5.97 Å². The van der Waals surface area contributed by atoms with E-state index in [9.17, 15) is 9.59 Å². The normalized spacial score (nSPS) is 9.60. The standard InChI is InChI=1S/C9H11N3O3/c1-2-4-10-9(15)7-3-5-12(11-7)6-8(13)14/h2-3,5H,1,4,6H2,(H,10,15)(H,13,14). The third-order valence-corrected chi connectivity index (χ3v) is 1.58. The average Bonchev–Trinajstić information content (AvgIpc) is 2.61. The van der Waals surface area contributed by atoms with Crippen molar-refractivity contribution in [2.75, 3.05) is 6.54 Å². The Hall–Kier alpha value is -2.11. The summed E-state index contributed by atoms with van der Waals surface area (Å²) in [5.74, 6) is -1.35. The molecule has 6 nitrogen and oxygen atoms in total. The molecule has 0 saturated carbocycles. The largest absolute Gasteiger partial charge is 0.480 e. The van der Waals surface area contributed by atoms with E-state index in [2.05, 4.69) is 17.0 Å². The van der Waals surface area contributed by atoms with E-state index >= 15 is 0 Å². The van der Waals surface area contributed by atoms with E-state index in [4.69, 9.17) is 5.11 Å². The van der Waals surface area contributed by atoms with Crippen LogP contribution < -0.4 is 5.32 Å². The molecule has 0 bridgehead atoms. The molecule has 0 radical (unpaired) electrons. The Morgan fingerprint density at radius 3 is 3.00 bits per heavy atom. The molecule has 0 unspecified atom stereocenters. The molecule has 1 aromatic heterocycles. The van der Waals surface area contributed by atoms with Crippen LogP contribution in [-0.2, 0) is 11.3 Å². The number of nitrogens with zero attached hydrogens (tertiary/aromatic N) is 2. The van der Waals surface area contributed by atoms with Gasteiger partial charge in [0.2, 0.25) is 0 Å². The number of rotatable bonds is 5. The van der Waals surface area contributed by atoms with Crippen molar-refractivity contribution in [3.05, 3.63) is 30.6 Å². The van der Waals surface area contributed by atoms with Gasteiger partial charge in [0.15, 0.2) is 0 Å². The van der Waals surface area contributed by atoms with Crippen molar-refractivity contribution >= 4 is 11.9 Å². The number of amides is 1. The topological polar surface area (TPSA) is 84.2 Å². The number of carbonyl (C=O) groups excluding carboxylic acids is 1. The maximum Gasteiger partial charge on any atom is 0.325 e. The molecule has 0 aromatic carbocycles. The van der Waals surface area contributed by atoms with Crippen molar-refractivity contribution < 1.29 is 14.7 Å². The van der Waals surface area contributed by atoms with E-state index in [1.807, 2.05) is 0 Å². The smallest absolute Gasteiger partial charge is 0.325 e. The highest BCUT2D eigenvalue weighted by molar-refractivity contribution is 5.92. The molecule has 1 amide bonds. The van der Waals surface area contributed by atoms with Crippen molar-refractivity contribution in [3.63, 3.8) is 0 Å². The van der Waals surface area contributed by atoms with E-state index in [0.29, 0.717) is 6.54 Å². The van der Waals surface area contributed by atoms with Gasteiger partial charge in [0.05, 0.1) is 0 Å². The highest BCUT2D eigenvalue weighted by atomic mass is 16.4. The predicted octanol–water partition coefficient (Wildman–Crippen LogP) is -0.117. The second kappa shape index (κ2) is 4.94. The fourth-order valence-electron chi connectivity index (χ4n) is 0.965. The molecule has 0 aliphatic carbocycles. The van der Waals surface area contributed by atoms with Gasteiger partial charge in [-0.25, -0.2) is 0 Å². The highest BCUT2D eigenvalue weighted by Gasteiger charge is 2.09. The van der Waals surface area contributed by atoms with Crippen molar-refractivity contribution in [2.24, 2.45) is 0 Å². The fraction of sp³-hybridized carbons (Fsp3) is 0.222. The van der Waals surface area contributed by atoms with Crippen LogP contribution in [0.25, 0.3) is 0 Å². The summed E-state index contributed by atoms with van der Waals surface area (Å²) >= 11 is 0. The number of carboxylic acid groups (broad SMARTS) is 1. The number of hydrogen-bond acceptors (Lipinski definition) is 3. The number of aromatic nitrogens is 2. The zero-order chi connectivity index (χ0) is 11.3. The number of hydrogen-bond donors (Lipinski definition) is 2. The van der Waals surface area contributed by atoms with Gasteiger partial charge in [0.1, 0.15) is 12.2 Å². The van der Waals surface area contributed by atoms with E-state index in [0.717, 1.165) is 0 Å². The molecule has 1 aromatic rings. The Morgan fingerprint density at radius 2 is 2.40 bits per heavy atom. The first kappa shape index (κ1) is 11.0. The van der Waals surface area contributed by atoms with Crippen molar-refractivity contribution in [3.8, 4) is 0 Å². The predicted molar refractivity (Wildman–Crippen MR) is 52.4 cm³/mol. The van der Waals surface area contributed by atoms with Gasteiger partial charge in [-0.3, -0.25) is 14.3 Å². The SMILES string of the molecule is C=CCNC(=O)c1ccn(CC(=O)O)n1. The maximum absolute atomic E-state index is 11.3. The van der Waals surface area contributed by atoms with Crippen molar-refractivity contribution in [2.45, 2.75) is 6.54 Å². The summed E-state index contributed by atoms with van der Waals surface area (Å²) < 4.78 is 1.19. The van der Waals surface area contributed by atoms with E-state index in [1.54, 1.807) is 6.08 Å². The minimum Gasteiger partial charge on any atom is -0.480 e. The van der Waals surface area contributed by atoms with Crippen LogP contribution in [-0.4, -0.2) is 33.3 Å². The molecule has 2 N–H and O–H groups in total. The summed E-state index contributed by atoms with van der Waals surface area (Å²) in [5.41, 5.74) is 0.193. The molecule has 6 heteroatoms. The lowest BCUT2D eigenvalue weighted by molar-refractivity contribution is -0.137. The molecule has 1 rings (SSSR count). The monoisotopic (exact) mass is 209 g/mol. The lowest BCUT2D eigenvalue weighted by Gasteiger charge is -1.97. The minimum atomic E-state index is -1.00. The first-order valence-corrected chi connectivity index (χ1v) is 4.28. The summed E-state index contributed by atoms with van der Waals surface area (Å²) in [6, 6.07) is 1.46. The second-order valence-electron chi connectivity index (χ2n) is 2.79. The lowest BCUT2D eigenvalue weighted by Crippen LogP contribution is -2.24. The van der Waals surface area contributed by atoms with Gasteiger partial charge < -0.3 is 10.4 Å². The summed E-state index contributed by atoms with van der Waals surface area (Å²) in [5, 5.41) is 14.8. The van der Waals surface area contributed by atoms with E-state index in [1.165, 1.54) is 16.9 Å². The molecule has 1 heterocycles. The Bertz CT molecular complexity index is 384. The quantitative estimate of drug-likeness (QED) is 0.662. The van der Waals surface area contributed by atoms with Crippen molar-refractivity contribution in [1.29, 1.82) is 0 Å². The van der Waals surface area contributed by atoms with Gasteiger partial charge in [-0.1, -0.05) is 6.08 Å². The number of carbonyl (C=O) groups is 2. The first-order chi connectivity index (χ1) is 7.13. The number of aliphatic carboxylic acids is 1. The van der Waals surface area contributed by atoms with E-state index in [-0.39, 0.29) is 18.1 Å². The van der Waals surface area contributed by atoms with Crippen LogP contribution in [0.2, 0.25) is 0 Å². The number of carboxylic acids is 1. The Kier molecular flexibility index (Phi) is 3.61. The molecule has 0 saturated heterocycles. The molecular weight excluding hydrogens is 198 g/mol. The average molecular weight is 209 g/mol. The molecular formula is C9H11N3O3. The van der Waals surface area contributed by atoms with Crippen LogP contribution >= 0.6 is 0 Å². The zero-order valence-electron chi connectivity index (χ0n) is 8.01. The minimum absolute atomic E-state index is 0.193. The summed E-state index contributed by atoms with van der Waals surface area (Å²) in [6.07, 6.45) is 2.99. The third-order valence-electron chi connectivity index (χ3n) is 1.58. The molecule has 0 fully saturated rings. The second-order valence-corrected chi connectivity index (χ2v) is 2.79. The van der Waals surface area contributed by atoms with Crippen LogP contribution in [0, 0.1) is 0 Å². The number of nitrogens with one attached hydrogen (secondary N) is 1. The zero-order valence-corrected chi connectivity index (χ0v) is 8.01. The molecule has 0 atom stereocenters. The summed E-state index contributed by atoms with van der Waals surface area (Å²) in [6.45, 7) is 3.55. The van der Waals surface area contributed by atoms with Crippen molar-refractivity contribution in [1.82, 2.24) is 15.1 Å². The van der Waals surface area contributed by atoms with Gasteiger partial charge in [-0.05, 0) is 6.07 Å². The highest BCUT2D eigenvalue weighted by Crippen LogP contribution is 1.95. The first-order valence-electron chi connectivity index (χ1n) is 4.28. The van der Waals surface area contributed by atoms with E-state index < -0.39 is 5.97 Å². The summed E-state index contributed by atoms with van der Waals surface area (Å²) in [7, 11) is 0. The molecule has 0 aliphatic rings.